The minimum atomic E-state index is -0.0500. The number of amides is 1. The lowest BCUT2D eigenvalue weighted by Crippen LogP contribution is -2.12. The van der Waals surface area contributed by atoms with Crippen molar-refractivity contribution in [3.8, 4) is 11.5 Å². The van der Waals surface area contributed by atoms with E-state index in [2.05, 4.69) is 5.32 Å². The van der Waals surface area contributed by atoms with Crippen LogP contribution in [0, 0.1) is 6.92 Å². The number of nitrogens with one attached hydrogen (secondary N) is 1. The first-order valence-corrected chi connectivity index (χ1v) is 6.24. The molecular weight excluding hydrogens is 254 g/mol. The van der Waals surface area contributed by atoms with E-state index in [1.54, 1.807) is 20.3 Å². The summed E-state index contributed by atoms with van der Waals surface area (Å²) in [5.41, 5.74) is 1.65. The number of hydrogen-bond donors (Lipinski definition) is 1. The van der Waals surface area contributed by atoms with Crippen molar-refractivity contribution in [2.75, 3.05) is 25.4 Å². The zero-order valence-corrected chi connectivity index (χ0v) is 11.6. The van der Waals surface area contributed by atoms with Gasteiger partial charge in [-0.15, -0.1) is 11.6 Å². The van der Waals surface area contributed by atoms with Gasteiger partial charge in [-0.25, -0.2) is 0 Å². The molecule has 0 aliphatic heterocycles. The molecule has 0 saturated carbocycles. The van der Waals surface area contributed by atoms with E-state index in [1.807, 2.05) is 13.0 Å². The van der Waals surface area contributed by atoms with Crippen molar-refractivity contribution in [1.82, 2.24) is 0 Å². The fourth-order valence-corrected chi connectivity index (χ4v) is 1.69. The zero-order valence-electron chi connectivity index (χ0n) is 10.9. The van der Waals surface area contributed by atoms with E-state index >= 15 is 0 Å². The number of rotatable bonds is 6. The Hall–Kier alpha value is -1.42. The smallest absolute Gasteiger partial charge is 0.224 e. The second kappa shape index (κ2) is 7.11. The Morgan fingerprint density at radius 3 is 2.44 bits per heavy atom. The molecule has 4 nitrogen and oxygen atoms in total. The second-order valence-corrected chi connectivity index (χ2v) is 4.24. The lowest BCUT2D eigenvalue weighted by atomic mass is 10.1. The van der Waals surface area contributed by atoms with Gasteiger partial charge in [-0.1, -0.05) is 0 Å². The number of ether oxygens (including phenoxy) is 2. The van der Waals surface area contributed by atoms with Crippen LogP contribution < -0.4 is 14.8 Å². The Kier molecular flexibility index (Phi) is 5.78. The molecule has 0 unspecified atom stereocenters. The number of hydrogen-bond acceptors (Lipinski definition) is 3. The Labute approximate surface area is 112 Å². The van der Waals surface area contributed by atoms with Gasteiger partial charge in [0.05, 0.1) is 14.2 Å². The monoisotopic (exact) mass is 271 g/mol. The van der Waals surface area contributed by atoms with Crippen molar-refractivity contribution in [2.45, 2.75) is 19.8 Å². The molecule has 0 bridgehead atoms. The number of benzene rings is 1. The minimum Gasteiger partial charge on any atom is -0.493 e. The Bertz CT molecular complexity index is 421. The van der Waals surface area contributed by atoms with Gasteiger partial charge in [0.2, 0.25) is 5.91 Å². The van der Waals surface area contributed by atoms with Crippen molar-refractivity contribution in [1.29, 1.82) is 0 Å². The molecule has 0 spiro atoms. The van der Waals surface area contributed by atoms with Gasteiger partial charge in [0.1, 0.15) is 0 Å². The van der Waals surface area contributed by atoms with Gasteiger partial charge in [-0.2, -0.15) is 0 Å². The summed E-state index contributed by atoms with van der Waals surface area (Å²) in [5, 5.41) is 2.84. The average Bonchev–Trinajstić information content (AvgIpc) is 2.38. The first-order valence-electron chi connectivity index (χ1n) is 5.70. The van der Waals surface area contributed by atoms with E-state index in [0.29, 0.717) is 30.2 Å². The molecular formula is C13H18ClNO3. The zero-order chi connectivity index (χ0) is 13.5. The molecule has 5 heteroatoms. The molecule has 0 fully saturated rings. The van der Waals surface area contributed by atoms with Gasteiger partial charge < -0.3 is 14.8 Å². The number of carbonyl (C=O) groups is 1. The van der Waals surface area contributed by atoms with Gasteiger partial charge in [0, 0.05) is 24.1 Å². The summed E-state index contributed by atoms with van der Waals surface area (Å²) in [4.78, 5) is 11.6. The highest BCUT2D eigenvalue weighted by atomic mass is 35.5. The van der Waals surface area contributed by atoms with Crippen LogP contribution in [0.15, 0.2) is 12.1 Å². The standard InChI is InChI=1S/C13H18ClNO3/c1-9-7-11(17-2)12(18-3)8-10(9)15-13(16)5-4-6-14/h7-8H,4-6H2,1-3H3,(H,15,16). The second-order valence-electron chi connectivity index (χ2n) is 3.86. The third-order valence-corrected chi connectivity index (χ3v) is 2.81. The Balaban J connectivity index is 2.85. The third-order valence-electron chi connectivity index (χ3n) is 2.54. The molecule has 0 heterocycles. The number of aryl methyl sites for hydroxylation is 1. The third kappa shape index (κ3) is 3.81. The summed E-state index contributed by atoms with van der Waals surface area (Å²) in [5.74, 6) is 1.67. The summed E-state index contributed by atoms with van der Waals surface area (Å²) in [6.07, 6.45) is 1.08. The molecule has 0 aromatic heterocycles. The van der Waals surface area contributed by atoms with Crippen LogP contribution in [0.5, 0.6) is 11.5 Å². The lowest BCUT2D eigenvalue weighted by Gasteiger charge is -2.13. The first-order chi connectivity index (χ1) is 8.62. The normalized spacial score (nSPS) is 10.0. The van der Waals surface area contributed by atoms with E-state index in [-0.39, 0.29) is 5.91 Å². The van der Waals surface area contributed by atoms with Crippen molar-refractivity contribution < 1.29 is 14.3 Å². The largest absolute Gasteiger partial charge is 0.493 e. The van der Waals surface area contributed by atoms with Gasteiger partial charge in [-0.05, 0) is 25.0 Å². The van der Waals surface area contributed by atoms with Crippen LogP contribution in [0.4, 0.5) is 5.69 Å². The molecule has 0 saturated heterocycles. The lowest BCUT2D eigenvalue weighted by molar-refractivity contribution is -0.116. The van der Waals surface area contributed by atoms with Crippen LogP contribution in [0.25, 0.3) is 0 Å². The molecule has 0 aliphatic rings. The van der Waals surface area contributed by atoms with Crippen LogP contribution in [-0.4, -0.2) is 26.0 Å². The summed E-state index contributed by atoms with van der Waals surface area (Å²) < 4.78 is 10.4. The van der Waals surface area contributed by atoms with Gasteiger partial charge in [-0.3, -0.25) is 4.79 Å². The summed E-state index contributed by atoms with van der Waals surface area (Å²) in [7, 11) is 3.14. The van der Waals surface area contributed by atoms with Crippen LogP contribution >= 0.6 is 11.6 Å². The van der Waals surface area contributed by atoms with Crippen molar-refractivity contribution in [2.24, 2.45) is 0 Å². The average molecular weight is 272 g/mol. The van der Waals surface area contributed by atoms with Gasteiger partial charge >= 0.3 is 0 Å². The summed E-state index contributed by atoms with van der Waals surface area (Å²) in [6.45, 7) is 1.90. The Morgan fingerprint density at radius 1 is 1.28 bits per heavy atom. The number of halogens is 1. The molecule has 100 valence electrons. The maximum absolute atomic E-state index is 11.6. The highest BCUT2D eigenvalue weighted by molar-refractivity contribution is 6.18. The molecule has 1 aromatic rings. The van der Waals surface area contributed by atoms with Crippen molar-refractivity contribution in [3.05, 3.63) is 17.7 Å². The van der Waals surface area contributed by atoms with Crippen molar-refractivity contribution >= 4 is 23.2 Å². The fraction of sp³-hybridized carbons (Fsp3) is 0.462. The first kappa shape index (κ1) is 14.6. The molecule has 1 aromatic carbocycles. The molecule has 0 atom stereocenters. The van der Waals surface area contributed by atoms with E-state index in [0.717, 1.165) is 11.3 Å². The van der Waals surface area contributed by atoms with Crippen LogP contribution in [0.2, 0.25) is 0 Å². The maximum Gasteiger partial charge on any atom is 0.224 e. The minimum absolute atomic E-state index is 0.0500. The molecule has 1 amide bonds. The number of alkyl halides is 1. The highest BCUT2D eigenvalue weighted by Crippen LogP contribution is 2.32. The van der Waals surface area contributed by atoms with E-state index in [4.69, 9.17) is 21.1 Å². The predicted molar refractivity (Wildman–Crippen MR) is 72.9 cm³/mol. The SMILES string of the molecule is COc1cc(C)c(NC(=O)CCCCl)cc1OC. The van der Waals surface area contributed by atoms with E-state index in [1.165, 1.54) is 0 Å². The van der Waals surface area contributed by atoms with E-state index in [9.17, 15) is 4.79 Å². The van der Waals surface area contributed by atoms with Gasteiger partial charge in [0.25, 0.3) is 0 Å². The molecule has 0 aliphatic carbocycles. The highest BCUT2D eigenvalue weighted by Gasteiger charge is 2.10. The van der Waals surface area contributed by atoms with Gasteiger partial charge in [0.15, 0.2) is 11.5 Å². The summed E-state index contributed by atoms with van der Waals surface area (Å²) in [6, 6.07) is 3.59. The number of carbonyl (C=O) groups excluding carboxylic acids is 1. The number of anilines is 1. The maximum atomic E-state index is 11.6. The molecule has 18 heavy (non-hydrogen) atoms. The number of methoxy groups -OCH3 is 2. The molecule has 1 rings (SSSR count). The van der Waals surface area contributed by atoms with Crippen LogP contribution in [-0.2, 0) is 4.79 Å². The van der Waals surface area contributed by atoms with E-state index < -0.39 is 0 Å². The molecule has 1 N–H and O–H groups in total. The van der Waals surface area contributed by atoms with Crippen LogP contribution in [0.1, 0.15) is 18.4 Å². The fourth-order valence-electron chi connectivity index (χ4n) is 1.56. The Morgan fingerprint density at radius 2 is 1.89 bits per heavy atom. The van der Waals surface area contributed by atoms with Crippen molar-refractivity contribution in [3.63, 3.8) is 0 Å². The topological polar surface area (TPSA) is 47.6 Å². The summed E-state index contributed by atoms with van der Waals surface area (Å²) >= 11 is 5.55. The van der Waals surface area contributed by atoms with Crippen LogP contribution in [0.3, 0.4) is 0 Å². The predicted octanol–water partition coefficient (Wildman–Crippen LogP) is 2.97. The molecule has 0 radical (unpaired) electrons. The quantitative estimate of drug-likeness (QED) is 0.809.